The summed E-state index contributed by atoms with van der Waals surface area (Å²) in [7, 11) is 0. The molecule has 2 nitrogen and oxygen atoms in total. The third-order valence-electron chi connectivity index (χ3n) is 2.93. The predicted molar refractivity (Wildman–Crippen MR) is 81.9 cm³/mol. The average molecular weight is 275 g/mol. The van der Waals surface area contributed by atoms with Gasteiger partial charge in [0.25, 0.3) is 0 Å². The van der Waals surface area contributed by atoms with Crippen LogP contribution >= 0.6 is 11.3 Å². The SMILES string of the molecule is CCc1ccc(C(N)c2cccc(OC(C)C)c2)s1. The summed E-state index contributed by atoms with van der Waals surface area (Å²) in [6, 6.07) is 12.3. The molecule has 0 aliphatic rings. The van der Waals surface area contributed by atoms with Gasteiger partial charge in [0.15, 0.2) is 0 Å². The van der Waals surface area contributed by atoms with Crippen LogP contribution in [0.5, 0.6) is 5.75 Å². The Balaban J connectivity index is 2.20. The highest BCUT2D eigenvalue weighted by molar-refractivity contribution is 7.12. The van der Waals surface area contributed by atoms with E-state index in [9.17, 15) is 0 Å². The van der Waals surface area contributed by atoms with E-state index in [1.54, 1.807) is 11.3 Å². The van der Waals surface area contributed by atoms with Gasteiger partial charge in [-0.05, 0) is 50.1 Å². The second-order valence-electron chi connectivity index (χ2n) is 4.87. The molecule has 0 aliphatic carbocycles. The largest absolute Gasteiger partial charge is 0.491 e. The molecule has 19 heavy (non-hydrogen) atoms. The Bertz CT molecular complexity index is 533. The summed E-state index contributed by atoms with van der Waals surface area (Å²) in [5, 5.41) is 0. The van der Waals surface area contributed by atoms with Crippen molar-refractivity contribution in [1.29, 1.82) is 0 Å². The van der Waals surface area contributed by atoms with Crippen LogP contribution in [0.2, 0.25) is 0 Å². The second kappa shape index (κ2) is 6.22. The molecule has 0 radical (unpaired) electrons. The number of ether oxygens (including phenoxy) is 1. The molecule has 1 atom stereocenters. The van der Waals surface area contributed by atoms with Crippen molar-refractivity contribution in [2.45, 2.75) is 39.3 Å². The molecule has 0 spiro atoms. The number of rotatable bonds is 5. The van der Waals surface area contributed by atoms with Crippen molar-refractivity contribution < 1.29 is 4.74 Å². The molecule has 1 aromatic carbocycles. The number of benzene rings is 1. The monoisotopic (exact) mass is 275 g/mol. The molecule has 0 bridgehead atoms. The molecular weight excluding hydrogens is 254 g/mol. The van der Waals surface area contributed by atoms with Crippen molar-refractivity contribution in [2.75, 3.05) is 0 Å². The first kappa shape index (κ1) is 14.1. The maximum atomic E-state index is 6.34. The molecule has 0 saturated carbocycles. The van der Waals surface area contributed by atoms with Crippen LogP contribution in [0.15, 0.2) is 36.4 Å². The molecule has 2 rings (SSSR count). The molecule has 1 aromatic heterocycles. The first-order valence-electron chi connectivity index (χ1n) is 6.71. The van der Waals surface area contributed by atoms with E-state index < -0.39 is 0 Å². The Morgan fingerprint density at radius 1 is 1.21 bits per heavy atom. The number of nitrogens with two attached hydrogens (primary N) is 1. The van der Waals surface area contributed by atoms with Crippen LogP contribution < -0.4 is 10.5 Å². The Morgan fingerprint density at radius 3 is 2.63 bits per heavy atom. The molecule has 2 aromatic rings. The summed E-state index contributed by atoms with van der Waals surface area (Å²) >= 11 is 1.79. The number of hydrogen-bond donors (Lipinski definition) is 1. The fourth-order valence-corrected chi connectivity index (χ4v) is 2.95. The minimum Gasteiger partial charge on any atom is -0.491 e. The van der Waals surface area contributed by atoms with E-state index in [2.05, 4.69) is 25.1 Å². The van der Waals surface area contributed by atoms with Gasteiger partial charge in [-0.15, -0.1) is 11.3 Å². The van der Waals surface area contributed by atoms with Crippen molar-refractivity contribution in [1.82, 2.24) is 0 Å². The van der Waals surface area contributed by atoms with Crippen molar-refractivity contribution in [3.05, 3.63) is 51.7 Å². The number of aryl methyl sites for hydroxylation is 1. The van der Waals surface area contributed by atoms with Gasteiger partial charge in [0.1, 0.15) is 5.75 Å². The van der Waals surface area contributed by atoms with Crippen LogP contribution in [0, 0.1) is 0 Å². The minimum atomic E-state index is -0.0685. The first-order valence-corrected chi connectivity index (χ1v) is 7.52. The maximum Gasteiger partial charge on any atom is 0.120 e. The number of thiophene rings is 1. The van der Waals surface area contributed by atoms with Gasteiger partial charge in [0, 0.05) is 9.75 Å². The topological polar surface area (TPSA) is 35.2 Å². The minimum absolute atomic E-state index is 0.0685. The van der Waals surface area contributed by atoms with Crippen LogP contribution in [0.3, 0.4) is 0 Å². The van der Waals surface area contributed by atoms with Gasteiger partial charge < -0.3 is 10.5 Å². The van der Waals surface area contributed by atoms with Crippen molar-refractivity contribution in [2.24, 2.45) is 5.73 Å². The lowest BCUT2D eigenvalue weighted by Crippen LogP contribution is -2.11. The van der Waals surface area contributed by atoms with Crippen LogP contribution in [0.4, 0.5) is 0 Å². The van der Waals surface area contributed by atoms with E-state index >= 15 is 0 Å². The lowest BCUT2D eigenvalue weighted by molar-refractivity contribution is 0.242. The summed E-state index contributed by atoms with van der Waals surface area (Å²) in [5.74, 6) is 0.884. The summed E-state index contributed by atoms with van der Waals surface area (Å²) in [4.78, 5) is 2.58. The van der Waals surface area contributed by atoms with Crippen molar-refractivity contribution >= 4 is 11.3 Å². The highest BCUT2D eigenvalue weighted by Crippen LogP contribution is 2.29. The van der Waals surface area contributed by atoms with Gasteiger partial charge in [-0.25, -0.2) is 0 Å². The van der Waals surface area contributed by atoms with Crippen molar-refractivity contribution in [3.8, 4) is 5.75 Å². The zero-order chi connectivity index (χ0) is 13.8. The van der Waals surface area contributed by atoms with Crippen LogP contribution in [0.25, 0.3) is 0 Å². The zero-order valence-corrected chi connectivity index (χ0v) is 12.5. The molecule has 3 heteroatoms. The summed E-state index contributed by atoms with van der Waals surface area (Å²) < 4.78 is 5.72. The molecule has 0 amide bonds. The second-order valence-corrected chi connectivity index (χ2v) is 6.07. The highest BCUT2D eigenvalue weighted by Gasteiger charge is 2.12. The third kappa shape index (κ3) is 3.58. The van der Waals surface area contributed by atoms with Gasteiger partial charge >= 0.3 is 0 Å². The van der Waals surface area contributed by atoms with Gasteiger partial charge in [0.2, 0.25) is 0 Å². The van der Waals surface area contributed by atoms with Gasteiger partial charge in [-0.3, -0.25) is 0 Å². The van der Waals surface area contributed by atoms with Crippen LogP contribution in [0.1, 0.15) is 42.1 Å². The van der Waals surface area contributed by atoms with Gasteiger partial charge in [-0.1, -0.05) is 19.1 Å². The van der Waals surface area contributed by atoms with Gasteiger partial charge in [-0.2, -0.15) is 0 Å². The van der Waals surface area contributed by atoms with E-state index in [4.69, 9.17) is 10.5 Å². The highest BCUT2D eigenvalue weighted by atomic mass is 32.1. The van der Waals surface area contributed by atoms with Crippen LogP contribution in [-0.2, 0) is 6.42 Å². The quantitative estimate of drug-likeness (QED) is 0.890. The van der Waals surface area contributed by atoms with E-state index in [1.165, 1.54) is 9.75 Å². The maximum absolute atomic E-state index is 6.34. The Labute approximate surface area is 119 Å². The van der Waals surface area contributed by atoms with E-state index in [1.807, 2.05) is 32.0 Å². The fourth-order valence-electron chi connectivity index (χ4n) is 1.97. The summed E-state index contributed by atoms with van der Waals surface area (Å²) in [5.41, 5.74) is 7.44. The molecule has 0 saturated heterocycles. The first-order chi connectivity index (χ1) is 9.10. The standard InChI is InChI=1S/C16H21NOS/c1-4-14-8-9-15(19-14)16(17)12-6-5-7-13(10-12)18-11(2)3/h5-11,16H,4,17H2,1-3H3. The Morgan fingerprint density at radius 2 is 2.00 bits per heavy atom. The normalized spacial score (nSPS) is 12.7. The van der Waals surface area contributed by atoms with Crippen molar-refractivity contribution in [3.63, 3.8) is 0 Å². The van der Waals surface area contributed by atoms with E-state index in [-0.39, 0.29) is 12.1 Å². The molecular formula is C16H21NOS. The van der Waals surface area contributed by atoms with Gasteiger partial charge in [0.05, 0.1) is 12.1 Å². The fraction of sp³-hybridized carbons (Fsp3) is 0.375. The molecule has 1 unspecified atom stereocenters. The molecule has 0 aliphatic heterocycles. The lowest BCUT2D eigenvalue weighted by Gasteiger charge is -2.14. The molecule has 2 N–H and O–H groups in total. The third-order valence-corrected chi connectivity index (χ3v) is 4.24. The molecule has 102 valence electrons. The summed E-state index contributed by atoms with van der Waals surface area (Å²) in [6.45, 7) is 6.22. The lowest BCUT2D eigenvalue weighted by atomic mass is 10.1. The summed E-state index contributed by atoms with van der Waals surface area (Å²) in [6.07, 6.45) is 1.24. The zero-order valence-electron chi connectivity index (χ0n) is 11.7. The molecule has 1 heterocycles. The average Bonchev–Trinajstić information content (AvgIpc) is 2.86. The van der Waals surface area contributed by atoms with E-state index in [0.29, 0.717) is 0 Å². The predicted octanol–water partition coefficient (Wildman–Crippen LogP) is 4.15. The van der Waals surface area contributed by atoms with E-state index in [0.717, 1.165) is 17.7 Å². The number of hydrogen-bond acceptors (Lipinski definition) is 3. The Kier molecular flexibility index (Phi) is 4.61. The Hall–Kier alpha value is -1.32. The van der Waals surface area contributed by atoms with Crippen LogP contribution in [-0.4, -0.2) is 6.10 Å². The smallest absolute Gasteiger partial charge is 0.120 e. The molecule has 0 fully saturated rings.